The number of carbonyl (C=O) groups excluding carboxylic acids is 4. The fourth-order valence-electron chi connectivity index (χ4n) is 4.17. The number of piperidine rings is 1. The Morgan fingerprint density at radius 2 is 1.59 bits per heavy atom. The van der Waals surface area contributed by atoms with Crippen LogP contribution >= 0.6 is 0 Å². The Bertz CT molecular complexity index is 931. The van der Waals surface area contributed by atoms with E-state index in [0.717, 1.165) is 11.1 Å². The first-order valence-electron chi connectivity index (χ1n) is 13.2. The molecule has 1 heterocycles. The molecule has 4 amide bonds. The number of aryl methyl sites for hydroxylation is 1. The zero-order chi connectivity index (χ0) is 27.8. The molecule has 0 radical (unpaired) electrons. The minimum Gasteiger partial charge on any atom is -0.444 e. The van der Waals surface area contributed by atoms with Crippen molar-refractivity contribution in [1.29, 1.82) is 0 Å². The van der Waals surface area contributed by atoms with E-state index in [0.29, 0.717) is 38.9 Å². The Hall–Kier alpha value is -3.10. The van der Waals surface area contributed by atoms with E-state index in [4.69, 9.17) is 4.74 Å². The Morgan fingerprint density at radius 3 is 2.14 bits per heavy atom. The van der Waals surface area contributed by atoms with E-state index >= 15 is 0 Å². The molecule has 1 aromatic rings. The van der Waals surface area contributed by atoms with Crippen molar-refractivity contribution >= 4 is 23.8 Å². The minimum atomic E-state index is -0.683. The van der Waals surface area contributed by atoms with E-state index in [1.54, 1.807) is 32.6 Å². The zero-order valence-electron chi connectivity index (χ0n) is 23.3. The summed E-state index contributed by atoms with van der Waals surface area (Å²) in [5.41, 5.74) is 1.49. The molecule has 0 spiro atoms. The van der Waals surface area contributed by atoms with Crippen molar-refractivity contribution in [3.63, 3.8) is 0 Å². The van der Waals surface area contributed by atoms with E-state index in [9.17, 15) is 19.2 Å². The van der Waals surface area contributed by atoms with Crippen LogP contribution in [0.25, 0.3) is 0 Å². The van der Waals surface area contributed by atoms with Crippen LogP contribution in [0.1, 0.15) is 71.9 Å². The first-order valence-corrected chi connectivity index (χ1v) is 13.2. The van der Waals surface area contributed by atoms with Crippen molar-refractivity contribution < 1.29 is 23.9 Å². The maximum absolute atomic E-state index is 13.2. The molecule has 3 N–H and O–H groups in total. The highest BCUT2D eigenvalue weighted by Gasteiger charge is 2.33. The normalized spacial score (nSPS) is 16.1. The van der Waals surface area contributed by atoms with Gasteiger partial charge in [-0.15, -0.1) is 0 Å². The predicted octanol–water partition coefficient (Wildman–Crippen LogP) is 3.29. The molecule has 1 aliphatic heterocycles. The smallest absolute Gasteiger partial charge is 0.408 e. The van der Waals surface area contributed by atoms with E-state index in [-0.39, 0.29) is 29.6 Å². The van der Waals surface area contributed by atoms with Crippen molar-refractivity contribution in [3.8, 4) is 0 Å². The lowest BCUT2D eigenvalue weighted by Crippen LogP contribution is -2.53. The fourth-order valence-corrected chi connectivity index (χ4v) is 4.17. The molecule has 0 aliphatic carbocycles. The van der Waals surface area contributed by atoms with Crippen LogP contribution in [-0.4, -0.2) is 59.5 Å². The SMILES string of the molecule is Cc1ccc(CNC(=O)C(C)NC(=O)C2CCN(C(=O)C(CC(C)C)NC(=O)OC(C)(C)C)CC2)cc1. The molecule has 2 atom stereocenters. The number of benzene rings is 1. The van der Waals surface area contributed by atoms with Gasteiger partial charge in [-0.3, -0.25) is 14.4 Å². The number of rotatable bonds is 9. The molecule has 2 rings (SSSR count). The minimum absolute atomic E-state index is 0.165. The highest BCUT2D eigenvalue weighted by molar-refractivity contribution is 5.89. The van der Waals surface area contributed by atoms with Crippen molar-refractivity contribution in [1.82, 2.24) is 20.9 Å². The number of carbonyl (C=O) groups is 4. The van der Waals surface area contributed by atoms with E-state index in [1.165, 1.54) is 0 Å². The molecule has 0 bridgehead atoms. The second kappa shape index (κ2) is 13.4. The van der Waals surface area contributed by atoms with Crippen LogP contribution in [0.4, 0.5) is 4.79 Å². The van der Waals surface area contributed by atoms with Crippen LogP contribution < -0.4 is 16.0 Å². The van der Waals surface area contributed by atoms with Gasteiger partial charge in [-0.25, -0.2) is 4.79 Å². The van der Waals surface area contributed by atoms with Crippen molar-refractivity contribution in [3.05, 3.63) is 35.4 Å². The predicted molar refractivity (Wildman–Crippen MR) is 143 cm³/mol. The Balaban J connectivity index is 1.83. The van der Waals surface area contributed by atoms with Gasteiger partial charge in [-0.2, -0.15) is 0 Å². The molecule has 1 saturated heterocycles. The van der Waals surface area contributed by atoms with Crippen molar-refractivity contribution in [2.75, 3.05) is 13.1 Å². The molecule has 9 heteroatoms. The lowest BCUT2D eigenvalue weighted by atomic mass is 9.94. The summed E-state index contributed by atoms with van der Waals surface area (Å²) in [6.07, 6.45) is 0.871. The molecule has 0 aromatic heterocycles. The van der Waals surface area contributed by atoms with Crippen LogP contribution in [0.5, 0.6) is 0 Å². The van der Waals surface area contributed by atoms with Crippen LogP contribution in [-0.2, 0) is 25.7 Å². The summed E-state index contributed by atoms with van der Waals surface area (Å²) < 4.78 is 5.33. The van der Waals surface area contributed by atoms with Gasteiger partial charge in [0.25, 0.3) is 0 Å². The maximum atomic E-state index is 13.2. The lowest BCUT2D eigenvalue weighted by molar-refractivity contribution is -0.138. The summed E-state index contributed by atoms with van der Waals surface area (Å²) in [5.74, 6) is -0.672. The highest BCUT2D eigenvalue weighted by Crippen LogP contribution is 2.20. The third-order valence-electron chi connectivity index (χ3n) is 6.21. The average molecular weight is 517 g/mol. The largest absolute Gasteiger partial charge is 0.444 e. The average Bonchev–Trinajstić information content (AvgIpc) is 2.81. The standard InChI is InChI=1S/C28H44N4O5/c1-18(2)16-23(31-27(36)37-28(5,6)7)26(35)32-14-12-22(13-15-32)25(34)30-20(4)24(33)29-17-21-10-8-19(3)9-11-21/h8-11,18,20,22-23H,12-17H2,1-7H3,(H,29,33)(H,30,34)(H,31,36). The van der Waals surface area contributed by atoms with Crippen LogP contribution in [0.2, 0.25) is 0 Å². The van der Waals surface area contributed by atoms with Gasteiger partial charge in [0.05, 0.1) is 0 Å². The number of likely N-dealkylation sites (tertiary alicyclic amines) is 1. The fraction of sp³-hybridized carbons (Fsp3) is 0.643. The molecule has 206 valence electrons. The molecular formula is C28H44N4O5. The third kappa shape index (κ3) is 10.4. The molecule has 1 aliphatic rings. The number of nitrogens with one attached hydrogen (secondary N) is 3. The molecule has 1 aromatic carbocycles. The summed E-state index contributed by atoms with van der Waals surface area (Å²) in [5, 5.41) is 8.39. The summed E-state index contributed by atoms with van der Waals surface area (Å²) in [7, 11) is 0. The maximum Gasteiger partial charge on any atom is 0.408 e. The summed E-state index contributed by atoms with van der Waals surface area (Å²) in [6, 6.07) is 6.56. The molecule has 37 heavy (non-hydrogen) atoms. The van der Waals surface area contributed by atoms with Gasteiger partial charge >= 0.3 is 6.09 Å². The second-order valence-electron chi connectivity index (χ2n) is 11.4. The Kier molecular flexibility index (Phi) is 10.9. The lowest BCUT2D eigenvalue weighted by Gasteiger charge is -2.34. The molecular weight excluding hydrogens is 472 g/mol. The number of nitrogens with zero attached hydrogens (tertiary/aromatic N) is 1. The van der Waals surface area contributed by atoms with Gasteiger partial charge in [0.15, 0.2) is 0 Å². The second-order valence-corrected chi connectivity index (χ2v) is 11.4. The topological polar surface area (TPSA) is 117 Å². The number of ether oxygens (including phenoxy) is 1. The summed E-state index contributed by atoms with van der Waals surface area (Å²) in [6.45, 7) is 14.2. The van der Waals surface area contributed by atoms with E-state index in [1.807, 2.05) is 45.0 Å². The van der Waals surface area contributed by atoms with E-state index < -0.39 is 23.8 Å². The quantitative estimate of drug-likeness (QED) is 0.466. The first-order chi connectivity index (χ1) is 17.2. The van der Waals surface area contributed by atoms with Gasteiger partial charge in [-0.1, -0.05) is 43.7 Å². The van der Waals surface area contributed by atoms with Crippen molar-refractivity contribution in [2.45, 2.75) is 92.0 Å². The van der Waals surface area contributed by atoms with Gasteiger partial charge in [-0.05, 0) is 65.4 Å². The molecule has 0 saturated carbocycles. The molecule has 2 unspecified atom stereocenters. The zero-order valence-corrected chi connectivity index (χ0v) is 23.3. The Labute approximate surface area is 221 Å². The van der Waals surface area contributed by atoms with Crippen molar-refractivity contribution in [2.24, 2.45) is 11.8 Å². The number of amides is 4. The number of hydrogen-bond acceptors (Lipinski definition) is 5. The highest BCUT2D eigenvalue weighted by atomic mass is 16.6. The first kappa shape index (κ1) is 30.1. The van der Waals surface area contributed by atoms with Gasteiger partial charge < -0.3 is 25.6 Å². The van der Waals surface area contributed by atoms with Crippen LogP contribution in [0.3, 0.4) is 0 Å². The van der Waals surface area contributed by atoms with Gasteiger partial charge in [0.2, 0.25) is 17.7 Å². The number of hydrogen-bond donors (Lipinski definition) is 3. The van der Waals surface area contributed by atoms with Gasteiger partial charge in [0, 0.05) is 25.6 Å². The summed E-state index contributed by atoms with van der Waals surface area (Å²) >= 11 is 0. The Morgan fingerprint density at radius 1 is 1.00 bits per heavy atom. The van der Waals surface area contributed by atoms with E-state index in [2.05, 4.69) is 16.0 Å². The van der Waals surface area contributed by atoms with Crippen LogP contribution in [0.15, 0.2) is 24.3 Å². The monoisotopic (exact) mass is 516 g/mol. The number of alkyl carbamates (subject to hydrolysis) is 1. The third-order valence-corrected chi connectivity index (χ3v) is 6.21. The van der Waals surface area contributed by atoms with Gasteiger partial charge in [0.1, 0.15) is 17.7 Å². The summed E-state index contributed by atoms with van der Waals surface area (Å²) in [4.78, 5) is 52.4. The molecule has 9 nitrogen and oxygen atoms in total. The molecule has 1 fully saturated rings. The van der Waals surface area contributed by atoms with Crippen LogP contribution in [0, 0.1) is 18.8 Å².